The molecule has 4 aromatic rings. The molecule has 0 saturated carbocycles. The molecule has 3 aliphatic carbocycles. The second-order valence-electron chi connectivity index (χ2n) is 11.2. The number of carbonyl (C=O) groups is 3. The molecular formula is C35H28ClN3O3. The summed E-state index contributed by atoms with van der Waals surface area (Å²) in [7, 11) is 0. The van der Waals surface area contributed by atoms with Gasteiger partial charge in [0.05, 0.1) is 22.9 Å². The fourth-order valence-corrected chi connectivity index (χ4v) is 7.36. The van der Waals surface area contributed by atoms with Gasteiger partial charge in [-0.25, -0.2) is 10.3 Å². The van der Waals surface area contributed by atoms with Gasteiger partial charge in [-0.15, -0.1) is 0 Å². The first-order valence-corrected chi connectivity index (χ1v) is 14.5. The monoisotopic (exact) mass is 573 g/mol. The molecule has 1 N–H and O–H groups in total. The Kier molecular flexibility index (Phi) is 6.32. The van der Waals surface area contributed by atoms with Gasteiger partial charge in [0.1, 0.15) is 0 Å². The number of rotatable bonds is 6. The summed E-state index contributed by atoms with van der Waals surface area (Å²) in [6.07, 6.45) is 2.55. The van der Waals surface area contributed by atoms with E-state index >= 15 is 0 Å². The van der Waals surface area contributed by atoms with E-state index in [2.05, 4.69) is 10.5 Å². The summed E-state index contributed by atoms with van der Waals surface area (Å²) in [6.45, 7) is 1.88. The SMILES string of the molecule is Cc1ccc(N2C(=O)[C@H]3C4c5ccccc5C(/C=N\NC(=O)CCc5ccccc5)(c5ccccc54)[C@H]3C2=O)cc1Cl. The average Bonchev–Trinajstić information content (AvgIpc) is 3.28. The zero-order valence-corrected chi connectivity index (χ0v) is 23.7. The van der Waals surface area contributed by atoms with Crippen LogP contribution in [0.2, 0.25) is 5.02 Å². The van der Waals surface area contributed by atoms with Gasteiger partial charge in [0.15, 0.2) is 0 Å². The number of hydrogen-bond donors (Lipinski definition) is 1. The van der Waals surface area contributed by atoms with Crippen LogP contribution in [0.15, 0.2) is 102 Å². The highest BCUT2D eigenvalue weighted by atomic mass is 35.5. The van der Waals surface area contributed by atoms with Crippen molar-refractivity contribution in [3.8, 4) is 0 Å². The molecule has 2 atom stereocenters. The maximum Gasteiger partial charge on any atom is 0.240 e. The van der Waals surface area contributed by atoms with Crippen molar-refractivity contribution in [3.63, 3.8) is 0 Å². The van der Waals surface area contributed by atoms with Crippen LogP contribution in [0.4, 0.5) is 5.69 Å². The molecule has 2 bridgehead atoms. The quantitative estimate of drug-likeness (QED) is 0.176. The van der Waals surface area contributed by atoms with Gasteiger partial charge in [0.2, 0.25) is 17.7 Å². The number of nitrogens with one attached hydrogen (secondary N) is 1. The van der Waals surface area contributed by atoms with E-state index in [9.17, 15) is 14.4 Å². The molecule has 208 valence electrons. The van der Waals surface area contributed by atoms with E-state index in [4.69, 9.17) is 11.6 Å². The number of hydrazone groups is 1. The van der Waals surface area contributed by atoms with Crippen LogP contribution in [0.1, 0.15) is 45.7 Å². The summed E-state index contributed by atoms with van der Waals surface area (Å²) in [4.78, 5) is 42.8. The minimum Gasteiger partial charge on any atom is -0.274 e. The third-order valence-electron chi connectivity index (χ3n) is 9.04. The Hall–Kier alpha value is -4.55. The smallest absolute Gasteiger partial charge is 0.240 e. The standard InChI is InChI=1S/C35H28ClN3O3/c1-21-15-17-23(19-28(21)36)39-33(41)31-30-24-11-5-7-13-26(24)35(32(31)34(39)42,27-14-8-6-12-25(27)30)20-37-38-29(40)18-16-22-9-3-2-4-10-22/h2-15,17,19-20,30-32H,16,18H2,1H3,(H,38,40)/b37-20-/t30?,31-,32+,35?/m0/s1. The Bertz CT molecular complexity index is 1740. The molecule has 3 amide bonds. The first-order chi connectivity index (χ1) is 20.4. The highest BCUT2D eigenvalue weighted by Gasteiger charge is 2.68. The van der Waals surface area contributed by atoms with Crippen molar-refractivity contribution in [2.24, 2.45) is 16.9 Å². The van der Waals surface area contributed by atoms with Gasteiger partial charge in [-0.2, -0.15) is 5.10 Å². The van der Waals surface area contributed by atoms with E-state index in [-0.39, 0.29) is 30.1 Å². The van der Waals surface area contributed by atoms with E-state index in [1.165, 1.54) is 4.90 Å². The number of hydrogen-bond acceptors (Lipinski definition) is 4. The molecule has 6 nitrogen and oxygen atoms in total. The van der Waals surface area contributed by atoms with E-state index < -0.39 is 17.3 Å². The lowest BCUT2D eigenvalue weighted by molar-refractivity contribution is -0.123. The van der Waals surface area contributed by atoms with Crippen molar-refractivity contribution >= 4 is 41.2 Å². The molecule has 0 spiro atoms. The number of nitrogens with zero attached hydrogens (tertiary/aromatic N) is 2. The molecule has 42 heavy (non-hydrogen) atoms. The van der Waals surface area contributed by atoms with Crippen molar-refractivity contribution < 1.29 is 14.4 Å². The van der Waals surface area contributed by atoms with Crippen molar-refractivity contribution in [2.75, 3.05) is 4.90 Å². The number of amides is 3. The lowest BCUT2D eigenvalue weighted by atomic mass is 9.47. The van der Waals surface area contributed by atoms with Gasteiger partial charge in [0.25, 0.3) is 0 Å². The number of aryl methyl sites for hydroxylation is 2. The molecule has 0 radical (unpaired) electrons. The fraction of sp³-hybridized carbons (Fsp3) is 0.200. The summed E-state index contributed by atoms with van der Waals surface area (Å²) >= 11 is 6.44. The second kappa shape index (κ2) is 10.1. The second-order valence-corrected chi connectivity index (χ2v) is 11.7. The minimum atomic E-state index is -1.05. The molecule has 0 unspecified atom stereocenters. The minimum absolute atomic E-state index is 0.223. The van der Waals surface area contributed by atoms with Crippen molar-refractivity contribution in [1.82, 2.24) is 5.43 Å². The lowest BCUT2D eigenvalue weighted by Crippen LogP contribution is -2.54. The van der Waals surface area contributed by atoms with Gasteiger partial charge in [0, 0.05) is 23.6 Å². The van der Waals surface area contributed by atoms with Gasteiger partial charge >= 0.3 is 0 Å². The van der Waals surface area contributed by atoms with Gasteiger partial charge in [-0.3, -0.25) is 14.4 Å². The van der Waals surface area contributed by atoms with Gasteiger partial charge in [-0.1, -0.05) is 96.5 Å². The van der Waals surface area contributed by atoms with E-state index in [1.807, 2.05) is 91.9 Å². The van der Waals surface area contributed by atoms with Crippen molar-refractivity contribution in [3.05, 3.63) is 135 Å². The van der Waals surface area contributed by atoms with Crippen LogP contribution in [0, 0.1) is 18.8 Å². The summed E-state index contributed by atoms with van der Waals surface area (Å²) in [6, 6.07) is 31.0. The zero-order valence-electron chi connectivity index (χ0n) is 23.0. The van der Waals surface area contributed by atoms with E-state index in [0.29, 0.717) is 17.1 Å². The maximum absolute atomic E-state index is 14.4. The fourth-order valence-electron chi connectivity index (χ4n) is 7.19. The largest absolute Gasteiger partial charge is 0.274 e. The summed E-state index contributed by atoms with van der Waals surface area (Å²) in [5.74, 6) is -2.39. The van der Waals surface area contributed by atoms with Crippen LogP contribution in [-0.4, -0.2) is 23.9 Å². The first kappa shape index (κ1) is 26.4. The highest BCUT2D eigenvalue weighted by Crippen LogP contribution is 2.63. The van der Waals surface area contributed by atoms with Crippen molar-refractivity contribution in [1.29, 1.82) is 0 Å². The van der Waals surface area contributed by atoms with Crippen LogP contribution in [0.25, 0.3) is 0 Å². The van der Waals surface area contributed by atoms with Crippen LogP contribution in [-0.2, 0) is 26.2 Å². The number of anilines is 1. The van der Waals surface area contributed by atoms with Gasteiger partial charge in [-0.05, 0) is 58.9 Å². The molecule has 1 aliphatic heterocycles. The Morgan fingerprint density at radius 1 is 0.905 bits per heavy atom. The van der Waals surface area contributed by atoms with Crippen LogP contribution in [0.5, 0.6) is 0 Å². The van der Waals surface area contributed by atoms with Crippen molar-refractivity contribution in [2.45, 2.75) is 31.1 Å². The summed E-state index contributed by atoms with van der Waals surface area (Å²) in [5, 5.41) is 4.98. The predicted molar refractivity (Wildman–Crippen MR) is 163 cm³/mol. The predicted octanol–water partition coefficient (Wildman–Crippen LogP) is 5.93. The van der Waals surface area contributed by atoms with E-state index in [1.54, 1.807) is 18.3 Å². The average molecular weight is 574 g/mol. The van der Waals surface area contributed by atoms with E-state index in [0.717, 1.165) is 33.4 Å². The third kappa shape index (κ3) is 3.86. The molecule has 1 fully saturated rings. The first-order valence-electron chi connectivity index (χ1n) is 14.1. The normalized spacial score (nSPS) is 23.6. The Morgan fingerprint density at radius 3 is 2.21 bits per heavy atom. The zero-order chi connectivity index (χ0) is 29.0. The highest BCUT2D eigenvalue weighted by molar-refractivity contribution is 6.32. The molecular weight excluding hydrogens is 546 g/mol. The topological polar surface area (TPSA) is 78.8 Å². The van der Waals surface area contributed by atoms with Gasteiger partial charge < -0.3 is 0 Å². The Morgan fingerprint density at radius 2 is 1.55 bits per heavy atom. The molecule has 1 saturated heterocycles. The van der Waals surface area contributed by atoms with Crippen LogP contribution >= 0.6 is 11.6 Å². The molecule has 4 aliphatic rings. The third-order valence-corrected chi connectivity index (χ3v) is 9.45. The Labute approximate surface area is 249 Å². The summed E-state index contributed by atoms with van der Waals surface area (Å²) < 4.78 is 0. The van der Waals surface area contributed by atoms with Crippen LogP contribution < -0.4 is 10.3 Å². The maximum atomic E-state index is 14.4. The molecule has 8 rings (SSSR count). The molecule has 1 heterocycles. The number of imide groups is 1. The lowest BCUT2D eigenvalue weighted by Gasteiger charge is -2.52. The summed E-state index contributed by atoms with van der Waals surface area (Å²) in [5.41, 5.74) is 7.92. The molecule has 7 heteroatoms. The number of benzene rings is 4. The number of carbonyl (C=O) groups excluding carboxylic acids is 3. The Balaban J connectivity index is 1.32. The molecule has 4 aromatic carbocycles. The van der Waals surface area contributed by atoms with Crippen LogP contribution in [0.3, 0.4) is 0 Å². The molecule has 0 aromatic heterocycles. The number of halogens is 1.